The van der Waals surface area contributed by atoms with Gasteiger partial charge in [0.2, 0.25) is 0 Å². The minimum Gasteiger partial charge on any atom is 0 e. The molecule has 0 aliphatic rings. The van der Waals surface area contributed by atoms with E-state index in [0.717, 1.165) is 0 Å². The Labute approximate surface area is 55.2 Å². The molecule has 0 bridgehead atoms. The molecule has 0 aliphatic heterocycles. The average Bonchev–Trinajstić information content (AvgIpc) is 1.00. The fourth-order valence-electron chi connectivity index (χ4n) is 0. The van der Waals surface area contributed by atoms with Crippen LogP contribution < -0.4 is 0 Å². The molecule has 1 nitrogen and oxygen atoms in total. The minimum absolute atomic E-state index is 0. The molecule has 0 saturated carbocycles. The van der Waals surface area contributed by atoms with Crippen molar-refractivity contribution in [3.8, 4) is 0 Å². The van der Waals surface area contributed by atoms with Crippen molar-refractivity contribution in [1.29, 1.82) is 0 Å². The van der Waals surface area contributed by atoms with Gasteiger partial charge in [0.15, 0.2) is 0 Å². The van der Waals surface area contributed by atoms with Crippen LogP contribution >= 0.6 is 0 Å². The molecule has 0 atom stereocenters. The summed E-state index contributed by atoms with van der Waals surface area (Å²) in [5.41, 5.74) is 0. The summed E-state index contributed by atoms with van der Waals surface area (Å²) in [6.07, 6.45) is 0. The predicted octanol–water partition coefficient (Wildman–Crippen LogP) is -1.26. The Morgan fingerprint density at radius 1 is 1.25 bits per heavy atom. The van der Waals surface area contributed by atoms with Crippen molar-refractivity contribution in [3.05, 3.63) is 0 Å². The molecule has 0 spiro atoms. The largest absolute Gasteiger partial charge is 0 e. The monoisotopic (exact) mass is 171 g/mol. The summed E-state index contributed by atoms with van der Waals surface area (Å²) in [6.45, 7) is 0. The average molecular weight is 170 g/mol. The van der Waals surface area contributed by atoms with Gasteiger partial charge in [-0.15, -0.1) is 0 Å². The van der Waals surface area contributed by atoms with Crippen molar-refractivity contribution in [2.45, 2.75) is 0 Å². The van der Waals surface area contributed by atoms with Gasteiger partial charge in [-0.3, -0.25) is 0 Å². The van der Waals surface area contributed by atoms with E-state index >= 15 is 0 Å². The van der Waals surface area contributed by atoms with Gasteiger partial charge in [-0.05, 0) is 0 Å². The van der Waals surface area contributed by atoms with E-state index in [-0.39, 0.29) is 29.8 Å². The Kier molecular flexibility index (Phi) is 117. The molecule has 15 valence electrons. The second-order valence-electron chi connectivity index (χ2n) is 0. The van der Waals surface area contributed by atoms with Gasteiger partial charge in [0.1, 0.15) is 0 Å². The van der Waals surface area contributed by atoms with Crippen LogP contribution in [-0.4, -0.2) is 52.3 Å². The van der Waals surface area contributed by atoms with Crippen molar-refractivity contribution < 1.29 is 3.08 Å². The zero-order chi connectivity index (χ0) is 2.00. The summed E-state index contributed by atoms with van der Waals surface area (Å²) >= 11 is 0.300. The van der Waals surface area contributed by atoms with E-state index in [1.54, 1.807) is 0 Å². The smallest absolute Gasteiger partial charge is 0 e. The molecular formula is LiOSiSn. The zero-order valence-corrected chi connectivity index (χ0v) is 6.26. The van der Waals surface area contributed by atoms with Crippen LogP contribution in [0.25, 0.3) is 0 Å². The van der Waals surface area contributed by atoms with Gasteiger partial charge < -0.3 is 0 Å². The molecule has 0 unspecified atom stereocenters. The molecule has 0 fully saturated rings. The van der Waals surface area contributed by atoms with E-state index in [2.05, 4.69) is 0 Å². The SMILES string of the molecule is [Li].[O]=[Sn].[Si]. The fraction of sp³-hybridized carbons (Fsp3) is 0. The molecule has 0 amide bonds. The molecule has 0 aromatic carbocycles. The molecular weight excluding hydrogens is 170 g/mol. The van der Waals surface area contributed by atoms with Crippen molar-refractivity contribution in [1.82, 2.24) is 0 Å². The van der Waals surface area contributed by atoms with E-state index in [9.17, 15) is 0 Å². The second-order valence-corrected chi connectivity index (χ2v) is 0. The van der Waals surface area contributed by atoms with Gasteiger partial charge in [0.25, 0.3) is 0 Å². The molecule has 0 aromatic heterocycles. The fourth-order valence-corrected chi connectivity index (χ4v) is 0. The van der Waals surface area contributed by atoms with Gasteiger partial charge in [-0.1, -0.05) is 0 Å². The van der Waals surface area contributed by atoms with Crippen LogP contribution in [0, 0.1) is 0 Å². The Morgan fingerprint density at radius 2 is 1.25 bits per heavy atom. The van der Waals surface area contributed by atoms with Crippen LogP contribution in [0.2, 0.25) is 0 Å². The zero-order valence-electron chi connectivity index (χ0n) is 2.41. The van der Waals surface area contributed by atoms with Crippen LogP contribution in [0.4, 0.5) is 0 Å². The summed E-state index contributed by atoms with van der Waals surface area (Å²) < 4.78 is 8.34. The molecule has 4 heteroatoms. The van der Waals surface area contributed by atoms with E-state index in [0.29, 0.717) is 22.5 Å². The standard InChI is InChI=1S/Li.O.Si.Sn. The number of hydrogen-bond donors (Lipinski definition) is 0. The maximum atomic E-state index is 8.34. The first-order valence-corrected chi connectivity index (χ1v) is 1.37. The summed E-state index contributed by atoms with van der Waals surface area (Å²) in [4.78, 5) is 0. The van der Waals surface area contributed by atoms with E-state index in [1.807, 2.05) is 0 Å². The summed E-state index contributed by atoms with van der Waals surface area (Å²) in [7, 11) is 0. The summed E-state index contributed by atoms with van der Waals surface area (Å²) in [5.74, 6) is 0. The predicted molar refractivity (Wildman–Crippen MR) is 17.9 cm³/mol. The maximum absolute atomic E-state index is 8.34. The topological polar surface area (TPSA) is 17.1 Å². The van der Waals surface area contributed by atoms with Crippen LogP contribution in [0.15, 0.2) is 0 Å². The summed E-state index contributed by atoms with van der Waals surface area (Å²) in [6, 6.07) is 0. The third kappa shape index (κ3) is 9.95. The van der Waals surface area contributed by atoms with E-state index in [1.165, 1.54) is 0 Å². The van der Waals surface area contributed by atoms with E-state index < -0.39 is 0 Å². The third-order valence-electron chi connectivity index (χ3n) is 0. The molecule has 0 aromatic rings. The molecule has 0 saturated heterocycles. The van der Waals surface area contributed by atoms with Crippen LogP contribution in [0.1, 0.15) is 0 Å². The first-order chi connectivity index (χ1) is 1.00. The normalized spacial score (nSPS) is 1.00. The van der Waals surface area contributed by atoms with Gasteiger partial charge in [-0.2, -0.15) is 0 Å². The Bertz CT molecular complexity index is 8.00. The van der Waals surface area contributed by atoms with E-state index in [4.69, 9.17) is 3.08 Å². The van der Waals surface area contributed by atoms with Crippen LogP contribution in [-0.2, 0) is 3.08 Å². The van der Waals surface area contributed by atoms with Gasteiger partial charge in [0, 0.05) is 29.8 Å². The maximum Gasteiger partial charge on any atom is 0 e. The summed E-state index contributed by atoms with van der Waals surface area (Å²) in [5, 5.41) is 0. The van der Waals surface area contributed by atoms with Crippen LogP contribution in [0.3, 0.4) is 0 Å². The number of rotatable bonds is 0. The van der Waals surface area contributed by atoms with Crippen molar-refractivity contribution in [2.24, 2.45) is 0 Å². The van der Waals surface area contributed by atoms with Gasteiger partial charge >= 0.3 is 25.6 Å². The quantitative estimate of drug-likeness (QED) is 0.414. The second kappa shape index (κ2) is 25.7. The molecule has 0 aliphatic carbocycles. The van der Waals surface area contributed by atoms with Crippen molar-refractivity contribution in [2.75, 3.05) is 0 Å². The van der Waals surface area contributed by atoms with Crippen molar-refractivity contribution >= 4 is 52.3 Å². The Balaban J connectivity index is -0.00000000500. The Hall–Kier alpha value is 1.41. The van der Waals surface area contributed by atoms with Gasteiger partial charge in [-0.25, -0.2) is 0 Å². The molecule has 0 rings (SSSR count). The molecule has 4 heavy (non-hydrogen) atoms. The molecule has 0 heterocycles. The first-order valence-electron chi connectivity index (χ1n) is 0.204. The molecule has 0 N–H and O–H groups in total. The number of hydrogen-bond acceptors (Lipinski definition) is 1. The van der Waals surface area contributed by atoms with Gasteiger partial charge in [0.05, 0.1) is 0 Å². The van der Waals surface area contributed by atoms with Crippen molar-refractivity contribution in [3.63, 3.8) is 0 Å². The third-order valence-corrected chi connectivity index (χ3v) is 0. The Morgan fingerprint density at radius 3 is 1.25 bits per heavy atom. The first kappa shape index (κ1) is 18.1. The van der Waals surface area contributed by atoms with Crippen LogP contribution in [0.5, 0.6) is 0 Å². The minimum atomic E-state index is 0. The molecule has 7 radical (unpaired) electrons.